The molecule has 4 rings (SSSR count). The van der Waals surface area contributed by atoms with E-state index in [2.05, 4.69) is 15.3 Å². The molecule has 0 aliphatic carbocycles. The van der Waals surface area contributed by atoms with Gasteiger partial charge in [-0.05, 0) is 53.6 Å². The van der Waals surface area contributed by atoms with Gasteiger partial charge in [0.2, 0.25) is 5.60 Å². The molecule has 0 radical (unpaired) electrons. The highest BCUT2D eigenvalue weighted by atomic mass is 32.2. The minimum absolute atomic E-state index is 0.150. The van der Waals surface area contributed by atoms with Crippen molar-refractivity contribution in [2.45, 2.75) is 36.7 Å². The molecule has 2 aromatic carbocycles. The lowest BCUT2D eigenvalue weighted by Crippen LogP contribution is -2.42. The Morgan fingerprint density at radius 2 is 1.79 bits per heavy atom. The van der Waals surface area contributed by atoms with E-state index in [1.165, 1.54) is 35.5 Å². The zero-order chi connectivity index (χ0) is 23.8. The number of hydrogen-bond donors (Lipinski definition) is 1. The number of pyridine rings is 1. The Hall–Kier alpha value is -2.98. The second-order valence-electron chi connectivity index (χ2n) is 7.58. The quantitative estimate of drug-likeness (QED) is 0.292. The largest absolute Gasteiger partial charge is 0.423 e. The molecule has 0 saturated carbocycles. The van der Waals surface area contributed by atoms with E-state index in [-0.39, 0.29) is 12.4 Å². The van der Waals surface area contributed by atoms with Gasteiger partial charge in [-0.15, -0.1) is 16.9 Å². The van der Waals surface area contributed by atoms with Crippen LogP contribution >= 0.6 is 11.8 Å². The average molecular weight is 476 g/mol. The molecule has 4 aromatic rings. The number of aliphatic hydroxyl groups is 1. The second-order valence-corrected chi connectivity index (χ2v) is 8.41. The first-order chi connectivity index (χ1) is 15.6. The monoisotopic (exact) mass is 476 g/mol. The van der Waals surface area contributed by atoms with Crippen LogP contribution in [0.15, 0.2) is 59.8 Å². The zero-order valence-electron chi connectivity index (χ0n) is 17.8. The molecule has 0 amide bonds. The van der Waals surface area contributed by atoms with Crippen molar-refractivity contribution >= 4 is 22.7 Å². The number of thioether (sulfide) groups is 1. The molecule has 10 heteroatoms. The molecule has 2 heterocycles. The molecule has 0 fully saturated rings. The smallest absolute Gasteiger partial charge is 0.375 e. The summed E-state index contributed by atoms with van der Waals surface area (Å²) >= 11 is 1.47. The number of nitrogens with zero attached hydrogens (tertiary/aromatic N) is 4. The van der Waals surface area contributed by atoms with Crippen LogP contribution in [0, 0.1) is 5.82 Å². The van der Waals surface area contributed by atoms with Crippen molar-refractivity contribution in [3.05, 3.63) is 71.8 Å². The molecular formula is C23H20F4N4OS. The molecule has 0 saturated heterocycles. The standard InChI is InChI=1S/C23H20F4N4OS/c1-3-22(32,23(25,26)27)20-13-31(30-29-20)12-14-4-9-17-18(15-5-7-16(24)8-6-15)11-21(33-2)28-19(17)10-14/h4-11,13,32H,3,12H2,1-2H3/t22-/m0/s1. The van der Waals surface area contributed by atoms with Gasteiger partial charge < -0.3 is 5.11 Å². The van der Waals surface area contributed by atoms with E-state index in [4.69, 9.17) is 0 Å². The number of benzene rings is 2. The summed E-state index contributed by atoms with van der Waals surface area (Å²) in [6.45, 7) is 1.39. The van der Waals surface area contributed by atoms with E-state index < -0.39 is 23.9 Å². The molecule has 0 bridgehead atoms. The number of aromatic nitrogens is 4. The fourth-order valence-electron chi connectivity index (χ4n) is 3.60. The molecule has 0 spiro atoms. The van der Waals surface area contributed by atoms with Crippen LogP contribution in [0.4, 0.5) is 17.6 Å². The Bertz CT molecular complexity index is 1290. The Morgan fingerprint density at radius 1 is 1.06 bits per heavy atom. The lowest BCUT2D eigenvalue weighted by molar-refractivity contribution is -0.269. The number of alkyl halides is 3. The van der Waals surface area contributed by atoms with Gasteiger partial charge in [0.15, 0.2) is 0 Å². The van der Waals surface area contributed by atoms with E-state index in [9.17, 15) is 22.7 Å². The van der Waals surface area contributed by atoms with Gasteiger partial charge in [0.25, 0.3) is 0 Å². The van der Waals surface area contributed by atoms with Crippen LogP contribution in [0.25, 0.3) is 22.0 Å². The molecular weight excluding hydrogens is 456 g/mol. The van der Waals surface area contributed by atoms with Gasteiger partial charge in [0.05, 0.1) is 23.3 Å². The highest BCUT2D eigenvalue weighted by Gasteiger charge is 2.55. The number of fused-ring (bicyclic) bond motifs is 1. The Balaban J connectivity index is 1.70. The number of halogens is 4. The lowest BCUT2D eigenvalue weighted by Gasteiger charge is -2.26. The molecule has 172 valence electrons. The van der Waals surface area contributed by atoms with Gasteiger partial charge in [0.1, 0.15) is 11.5 Å². The third-order valence-electron chi connectivity index (χ3n) is 5.50. The minimum Gasteiger partial charge on any atom is -0.375 e. The van der Waals surface area contributed by atoms with Gasteiger partial charge in [-0.25, -0.2) is 14.1 Å². The van der Waals surface area contributed by atoms with Crippen LogP contribution in [0.3, 0.4) is 0 Å². The van der Waals surface area contributed by atoms with E-state index in [0.29, 0.717) is 5.52 Å². The van der Waals surface area contributed by atoms with Crippen molar-refractivity contribution < 1.29 is 22.7 Å². The van der Waals surface area contributed by atoms with Crippen molar-refractivity contribution in [1.29, 1.82) is 0 Å². The molecule has 1 N–H and O–H groups in total. The van der Waals surface area contributed by atoms with Crippen LogP contribution in [0.5, 0.6) is 0 Å². The summed E-state index contributed by atoms with van der Waals surface area (Å²) in [6, 6.07) is 13.7. The van der Waals surface area contributed by atoms with Crippen LogP contribution < -0.4 is 0 Å². The summed E-state index contributed by atoms with van der Waals surface area (Å²) in [5.74, 6) is -0.322. The fraction of sp³-hybridized carbons (Fsp3) is 0.261. The average Bonchev–Trinajstić information content (AvgIpc) is 3.26. The highest BCUT2D eigenvalue weighted by Crippen LogP contribution is 2.40. The Morgan fingerprint density at radius 3 is 2.42 bits per heavy atom. The van der Waals surface area contributed by atoms with Crippen molar-refractivity contribution in [2.75, 3.05) is 6.26 Å². The summed E-state index contributed by atoms with van der Waals surface area (Å²) in [7, 11) is 0. The van der Waals surface area contributed by atoms with E-state index >= 15 is 0 Å². The highest BCUT2D eigenvalue weighted by molar-refractivity contribution is 7.98. The topological polar surface area (TPSA) is 63.8 Å². The van der Waals surface area contributed by atoms with Gasteiger partial charge >= 0.3 is 6.18 Å². The third-order valence-corrected chi connectivity index (χ3v) is 6.13. The molecule has 5 nitrogen and oxygen atoms in total. The molecule has 0 aliphatic heterocycles. The van der Waals surface area contributed by atoms with E-state index in [0.717, 1.165) is 33.3 Å². The predicted octanol–water partition coefficient (Wildman–Crippen LogP) is 5.56. The predicted molar refractivity (Wildman–Crippen MR) is 118 cm³/mol. The van der Waals surface area contributed by atoms with Crippen molar-refractivity contribution in [3.8, 4) is 11.1 Å². The lowest BCUT2D eigenvalue weighted by atomic mass is 9.96. The summed E-state index contributed by atoms with van der Waals surface area (Å²) in [6.07, 6.45) is -2.42. The summed E-state index contributed by atoms with van der Waals surface area (Å²) in [5, 5.41) is 19.1. The number of rotatable bonds is 6. The molecule has 33 heavy (non-hydrogen) atoms. The second kappa shape index (κ2) is 8.75. The van der Waals surface area contributed by atoms with E-state index in [1.807, 2.05) is 30.5 Å². The van der Waals surface area contributed by atoms with Gasteiger partial charge in [-0.3, -0.25) is 0 Å². The normalized spacial score (nSPS) is 13.9. The maximum absolute atomic E-state index is 13.4. The number of hydrogen-bond acceptors (Lipinski definition) is 5. The first-order valence-electron chi connectivity index (χ1n) is 10.1. The van der Waals surface area contributed by atoms with Crippen LogP contribution in [-0.2, 0) is 12.1 Å². The van der Waals surface area contributed by atoms with Gasteiger partial charge in [-0.1, -0.05) is 36.4 Å². The summed E-state index contributed by atoms with van der Waals surface area (Å²) in [4.78, 5) is 4.64. The van der Waals surface area contributed by atoms with Gasteiger partial charge in [-0.2, -0.15) is 13.2 Å². The maximum Gasteiger partial charge on any atom is 0.423 e. The fourth-order valence-corrected chi connectivity index (χ4v) is 4.03. The molecule has 0 unspecified atom stereocenters. The SMILES string of the molecule is CC[C@](O)(c1cn(Cc2ccc3c(-c4ccc(F)cc4)cc(SC)nc3c2)nn1)C(F)(F)F. The van der Waals surface area contributed by atoms with Crippen LogP contribution in [0.2, 0.25) is 0 Å². The molecule has 1 atom stereocenters. The third kappa shape index (κ3) is 4.45. The van der Waals surface area contributed by atoms with Crippen molar-refractivity contribution in [1.82, 2.24) is 20.0 Å². The first kappa shape index (κ1) is 23.2. The van der Waals surface area contributed by atoms with Gasteiger partial charge in [0, 0.05) is 5.39 Å². The van der Waals surface area contributed by atoms with E-state index in [1.54, 1.807) is 12.1 Å². The van der Waals surface area contributed by atoms with Crippen molar-refractivity contribution in [2.24, 2.45) is 0 Å². The zero-order valence-corrected chi connectivity index (χ0v) is 18.6. The van der Waals surface area contributed by atoms with Crippen LogP contribution in [0.1, 0.15) is 24.6 Å². The first-order valence-corrected chi connectivity index (χ1v) is 11.3. The molecule has 0 aliphatic rings. The summed E-state index contributed by atoms with van der Waals surface area (Å²) in [5.41, 5.74) is -0.398. The Labute approximate surface area is 191 Å². The van der Waals surface area contributed by atoms with Crippen LogP contribution in [-0.4, -0.2) is 37.5 Å². The minimum atomic E-state index is -4.86. The maximum atomic E-state index is 13.4. The molecule has 2 aromatic heterocycles. The van der Waals surface area contributed by atoms with Crippen molar-refractivity contribution in [3.63, 3.8) is 0 Å². The Kier molecular flexibility index (Phi) is 6.15. The summed E-state index contributed by atoms with van der Waals surface area (Å²) < 4.78 is 54.6.